The van der Waals surface area contributed by atoms with Crippen LogP contribution < -0.4 is 5.32 Å². The number of esters is 1. The topological polar surface area (TPSA) is 95.9 Å². The molecule has 2 unspecified atom stereocenters. The quantitative estimate of drug-likeness (QED) is 0.0324. The molecule has 0 aromatic rings. The molecule has 0 aromatic carbocycles. The first-order valence-electron chi connectivity index (χ1n) is 25.1. The van der Waals surface area contributed by atoms with Gasteiger partial charge in [-0.05, 0) is 57.8 Å². The smallest absolute Gasteiger partial charge is 0.305 e. The second-order valence-corrected chi connectivity index (χ2v) is 17.1. The van der Waals surface area contributed by atoms with E-state index >= 15 is 0 Å². The molecule has 0 saturated heterocycles. The summed E-state index contributed by atoms with van der Waals surface area (Å²) in [6.07, 6.45) is 54.2. The zero-order valence-corrected chi connectivity index (χ0v) is 38.1. The lowest BCUT2D eigenvalue weighted by molar-refractivity contribution is -0.143. The highest BCUT2D eigenvalue weighted by atomic mass is 16.5. The highest BCUT2D eigenvalue weighted by Crippen LogP contribution is 2.16. The molecule has 6 heteroatoms. The molecule has 0 saturated carbocycles. The van der Waals surface area contributed by atoms with Crippen LogP contribution in [-0.2, 0) is 14.3 Å². The van der Waals surface area contributed by atoms with Crippen molar-refractivity contribution in [2.75, 3.05) is 13.2 Å². The average Bonchev–Trinajstić information content (AvgIpc) is 3.21. The van der Waals surface area contributed by atoms with Gasteiger partial charge >= 0.3 is 5.97 Å². The van der Waals surface area contributed by atoms with E-state index in [2.05, 4.69) is 43.5 Å². The van der Waals surface area contributed by atoms with Crippen molar-refractivity contribution < 1.29 is 24.5 Å². The molecule has 0 aliphatic rings. The molecule has 6 nitrogen and oxygen atoms in total. The predicted octanol–water partition coefficient (Wildman–Crippen LogP) is 14.7. The fourth-order valence-corrected chi connectivity index (χ4v) is 7.61. The number of rotatable bonds is 46. The van der Waals surface area contributed by atoms with E-state index in [4.69, 9.17) is 4.74 Å². The zero-order valence-electron chi connectivity index (χ0n) is 38.1. The third kappa shape index (κ3) is 43.7. The number of ether oxygens (including phenoxy) is 1. The number of allylic oxidation sites excluding steroid dienone is 4. The van der Waals surface area contributed by atoms with Crippen molar-refractivity contribution in [1.29, 1.82) is 0 Å². The van der Waals surface area contributed by atoms with Crippen LogP contribution in [0.4, 0.5) is 0 Å². The number of carbonyl (C=O) groups is 2. The molecule has 0 heterocycles. The highest BCUT2D eigenvalue weighted by Gasteiger charge is 2.20. The number of hydrogen-bond acceptors (Lipinski definition) is 5. The van der Waals surface area contributed by atoms with E-state index in [0.717, 1.165) is 64.2 Å². The Labute approximate surface area is 354 Å². The van der Waals surface area contributed by atoms with Gasteiger partial charge < -0.3 is 20.3 Å². The number of aliphatic hydroxyl groups excluding tert-OH is 2. The Morgan fingerprint density at radius 2 is 0.877 bits per heavy atom. The lowest BCUT2D eigenvalue weighted by Gasteiger charge is -2.22. The van der Waals surface area contributed by atoms with Crippen LogP contribution in [0.1, 0.15) is 264 Å². The molecule has 1 amide bonds. The first-order valence-corrected chi connectivity index (χ1v) is 25.1. The first-order chi connectivity index (χ1) is 28.0. The Bertz CT molecular complexity index is 889. The van der Waals surface area contributed by atoms with Crippen LogP contribution >= 0.6 is 0 Å². The van der Waals surface area contributed by atoms with E-state index in [1.165, 1.54) is 167 Å². The molecular weight excluding hydrogens is 707 g/mol. The maximum Gasteiger partial charge on any atom is 0.305 e. The third-order valence-electron chi connectivity index (χ3n) is 11.5. The standard InChI is InChI=1S/C51H97NO5/c1-3-5-7-9-11-13-15-17-18-19-20-22-24-29-33-37-41-45-51(56)57-46-42-38-34-30-26-25-28-32-36-40-44-50(55)52-48(47-53)49(54)43-39-35-31-27-23-21-16-14-12-10-8-6-4-2/h11,13,17-18,48-49,53-54H,3-10,12,14-16,19-47H2,1-2H3,(H,52,55)/b13-11-,18-17-. The highest BCUT2D eigenvalue weighted by molar-refractivity contribution is 5.76. The summed E-state index contributed by atoms with van der Waals surface area (Å²) in [5.41, 5.74) is 0. The Hall–Kier alpha value is -1.66. The molecule has 0 fully saturated rings. The lowest BCUT2D eigenvalue weighted by Crippen LogP contribution is -2.45. The van der Waals surface area contributed by atoms with Crippen molar-refractivity contribution >= 4 is 11.9 Å². The second kappa shape index (κ2) is 47.0. The van der Waals surface area contributed by atoms with Gasteiger partial charge in [0.25, 0.3) is 0 Å². The van der Waals surface area contributed by atoms with Crippen LogP contribution in [0.2, 0.25) is 0 Å². The normalized spacial score (nSPS) is 12.8. The van der Waals surface area contributed by atoms with Gasteiger partial charge in [0.15, 0.2) is 0 Å². The minimum absolute atomic E-state index is 0.0268. The summed E-state index contributed by atoms with van der Waals surface area (Å²) in [7, 11) is 0. The number of unbranched alkanes of at least 4 members (excludes halogenated alkanes) is 31. The minimum Gasteiger partial charge on any atom is -0.466 e. The number of amides is 1. The Balaban J connectivity index is 3.48. The van der Waals surface area contributed by atoms with Crippen LogP contribution in [0.3, 0.4) is 0 Å². The van der Waals surface area contributed by atoms with Crippen molar-refractivity contribution in [2.24, 2.45) is 0 Å². The monoisotopic (exact) mass is 804 g/mol. The predicted molar refractivity (Wildman–Crippen MR) is 246 cm³/mol. The largest absolute Gasteiger partial charge is 0.466 e. The summed E-state index contributed by atoms with van der Waals surface area (Å²) >= 11 is 0. The summed E-state index contributed by atoms with van der Waals surface area (Å²) in [6.45, 7) is 4.87. The van der Waals surface area contributed by atoms with Crippen molar-refractivity contribution in [1.82, 2.24) is 5.32 Å². The van der Waals surface area contributed by atoms with Gasteiger partial charge in [-0.2, -0.15) is 0 Å². The van der Waals surface area contributed by atoms with Crippen LogP contribution in [0.15, 0.2) is 24.3 Å². The molecule has 0 rings (SSSR count). The lowest BCUT2D eigenvalue weighted by atomic mass is 10.0. The number of aliphatic hydroxyl groups is 2. The van der Waals surface area contributed by atoms with E-state index in [1.54, 1.807) is 0 Å². The molecule has 0 radical (unpaired) electrons. The maximum absolute atomic E-state index is 12.4. The molecule has 0 aliphatic carbocycles. The van der Waals surface area contributed by atoms with Crippen molar-refractivity contribution in [3.05, 3.63) is 24.3 Å². The number of carbonyl (C=O) groups excluding carboxylic acids is 2. The zero-order chi connectivity index (χ0) is 41.5. The van der Waals surface area contributed by atoms with E-state index in [0.29, 0.717) is 25.9 Å². The third-order valence-corrected chi connectivity index (χ3v) is 11.5. The Morgan fingerprint density at radius 1 is 0.491 bits per heavy atom. The molecule has 3 N–H and O–H groups in total. The Morgan fingerprint density at radius 3 is 1.37 bits per heavy atom. The fourth-order valence-electron chi connectivity index (χ4n) is 7.61. The molecular formula is C51H97NO5. The molecule has 0 bridgehead atoms. The van der Waals surface area contributed by atoms with Gasteiger partial charge in [-0.1, -0.05) is 218 Å². The van der Waals surface area contributed by atoms with Crippen LogP contribution in [0.25, 0.3) is 0 Å². The van der Waals surface area contributed by atoms with Crippen LogP contribution in [-0.4, -0.2) is 47.4 Å². The van der Waals surface area contributed by atoms with Gasteiger partial charge in [-0.15, -0.1) is 0 Å². The molecule has 2 atom stereocenters. The number of nitrogens with one attached hydrogen (secondary N) is 1. The molecule has 0 aromatic heterocycles. The van der Waals surface area contributed by atoms with Crippen molar-refractivity contribution in [2.45, 2.75) is 276 Å². The average molecular weight is 804 g/mol. The summed E-state index contributed by atoms with van der Waals surface area (Å²) in [4.78, 5) is 24.5. The van der Waals surface area contributed by atoms with E-state index in [-0.39, 0.29) is 18.5 Å². The number of hydrogen-bond donors (Lipinski definition) is 3. The molecule has 0 spiro atoms. The van der Waals surface area contributed by atoms with Gasteiger partial charge in [0.1, 0.15) is 0 Å². The van der Waals surface area contributed by atoms with Crippen molar-refractivity contribution in [3.63, 3.8) is 0 Å². The van der Waals surface area contributed by atoms with Gasteiger partial charge in [0.2, 0.25) is 5.91 Å². The van der Waals surface area contributed by atoms with Crippen LogP contribution in [0, 0.1) is 0 Å². The summed E-state index contributed by atoms with van der Waals surface area (Å²) < 4.78 is 5.45. The fraction of sp³-hybridized carbons (Fsp3) is 0.882. The summed E-state index contributed by atoms with van der Waals surface area (Å²) in [5.74, 6) is -0.0855. The second-order valence-electron chi connectivity index (χ2n) is 17.1. The van der Waals surface area contributed by atoms with E-state index in [1.807, 2.05) is 0 Å². The maximum atomic E-state index is 12.4. The van der Waals surface area contributed by atoms with Gasteiger partial charge in [0.05, 0.1) is 25.4 Å². The first kappa shape index (κ1) is 55.3. The summed E-state index contributed by atoms with van der Waals surface area (Å²) in [5, 5.41) is 23.2. The molecule has 0 aliphatic heterocycles. The Kier molecular flexibility index (Phi) is 45.7. The van der Waals surface area contributed by atoms with Gasteiger partial charge in [-0.25, -0.2) is 0 Å². The minimum atomic E-state index is -0.678. The molecule has 336 valence electrons. The van der Waals surface area contributed by atoms with Crippen molar-refractivity contribution in [3.8, 4) is 0 Å². The molecule has 57 heavy (non-hydrogen) atoms. The van der Waals surface area contributed by atoms with Crippen LogP contribution in [0.5, 0.6) is 0 Å². The summed E-state index contributed by atoms with van der Waals surface area (Å²) in [6, 6.07) is -0.558. The van der Waals surface area contributed by atoms with E-state index in [9.17, 15) is 19.8 Å². The van der Waals surface area contributed by atoms with Gasteiger partial charge in [-0.3, -0.25) is 9.59 Å². The van der Waals surface area contributed by atoms with E-state index < -0.39 is 12.1 Å². The van der Waals surface area contributed by atoms with Gasteiger partial charge in [0, 0.05) is 12.8 Å². The SMILES string of the molecule is CCCCC/C=C\C/C=C\CCCCCCCCCC(=O)OCCCCCCCCCCCCC(=O)NC(CO)C(O)CCCCCCCCCCCCCCC.